The Labute approximate surface area is 174 Å². The number of amides is 1. The van der Waals surface area contributed by atoms with E-state index in [1.165, 1.54) is 10.7 Å². The van der Waals surface area contributed by atoms with Crippen molar-refractivity contribution < 1.29 is 19.2 Å². The third-order valence-electron chi connectivity index (χ3n) is 4.31. The molecular formula is C19H15N7O5. The minimum Gasteiger partial charge on any atom is -0.462 e. The molecule has 12 nitrogen and oxygen atoms in total. The first-order chi connectivity index (χ1) is 15.0. The van der Waals surface area contributed by atoms with Gasteiger partial charge in [-0.3, -0.25) is 4.79 Å². The maximum Gasteiger partial charge on any atom is 0.343 e. The Balaban J connectivity index is 1.64. The van der Waals surface area contributed by atoms with Crippen LogP contribution in [-0.2, 0) is 4.74 Å². The molecule has 0 aliphatic carbocycles. The minimum absolute atomic E-state index is 0.116. The van der Waals surface area contributed by atoms with Gasteiger partial charge in [0, 0.05) is 17.4 Å². The fourth-order valence-electron chi connectivity index (χ4n) is 2.94. The van der Waals surface area contributed by atoms with Crippen molar-refractivity contribution >= 4 is 29.0 Å². The van der Waals surface area contributed by atoms with E-state index in [4.69, 9.17) is 4.74 Å². The third-order valence-corrected chi connectivity index (χ3v) is 4.31. The van der Waals surface area contributed by atoms with Gasteiger partial charge in [0.05, 0.1) is 24.6 Å². The zero-order valence-electron chi connectivity index (χ0n) is 16.1. The summed E-state index contributed by atoms with van der Waals surface area (Å²) in [5, 5.41) is 23.5. The van der Waals surface area contributed by atoms with Crippen molar-refractivity contribution in [2.75, 3.05) is 11.9 Å². The number of carbonyl (C=O) groups is 2. The summed E-state index contributed by atoms with van der Waals surface area (Å²) in [5.41, 5.74) is 2.23. The molecule has 0 aliphatic heterocycles. The summed E-state index contributed by atoms with van der Waals surface area (Å²) >= 11 is 0. The molecule has 0 fully saturated rings. The first kappa shape index (κ1) is 19.7. The van der Waals surface area contributed by atoms with Gasteiger partial charge in [0.25, 0.3) is 5.91 Å². The van der Waals surface area contributed by atoms with Crippen molar-refractivity contribution in [1.82, 2.24) is 24.8 Å². The quantitative estimate of drug-likeness (QED) is 0.273. The molecule has 4 rings (SSSR count). The number of nitro groups is 1. The maximum atomic E-state index is 12.4. The highest BCUT2D eigenvalue weighted by atomic mass is 16.6. The summed E-state index contributed by atoms with van der Waals surface area (Å²) < 4.78 is 6.54. The van der Waals surface area contributed by atoms with Crippen LogP contribution < -0.4 is 5.32 Å². The van der Waals surface area contributed by atoms with Gasteiger partial charge < -0.3 is 20.2 Å². The molecule has 0 atom stereocenters. The van der Waals surface area contributed by atoms with Crippen LogP contribution in [0.15, 0.2) is 48.8 Å². The Bertz CT molecular complexity index is 1310. The first-order valence-corrected chi connectivity index (χ1v) is 9.09. The standard InChI is InChI=1S/C19H15N7O5/c1-2-31-19(28)13-10-21-25-15(6-7-20-17(13)25)11-4-3-5-12(8-11)22-18(27)14-9-16(24-23-14)26(29)30/h3-10H,2H2,1H3,(H,22,27)(H,23,24). The lowest BCUT2D eigenvalue weighted by molar-refractivity contribution is -0.389. The number of hydrogen-bond acceptors (Lipinski definition) is 8. The molecule has 31 heavy (non-hydrogen) atoms. The van der Waals surface area contributed by atoms with Crippen LogP contribution in [0.2, 0.25) is 0 Å². The van der Waals surface area contributed by atoms with E-state index in [2.05, 4.69) is 25.6 Å². The molecule has 156 valence electrons. The van der Waals surface area contributed by atoms with E-state index in [1.54, 1.807) is 43.5 Å². The van der Waals surface area contributed by atoms with Crippen LogP contribution >= 0.6 is 0 Å². The van der Waals surface area contributed by atoms with E-state index in [9.17, 15) is 19.7 Å². The second-order valence-electron chi connectivity index (χ2n) is 6.27. The monoisotopic (exact) mass is 421 g/mol. The Morgan fingerprint density at radius 1 is 1.29 bits per heavy atom. The Morgan fingerprint density at radius 3 is 2.87 bits per heavy atom. The smallest absolute Gasteiger partial charge is 0.343 e. The number of aromatic nitrogens is 5. The number of aromatic amines is 1. The van der Waals surface area contributed by atoms with Crippen LogP contribution in [0.5, 0.6) is 0 Å². The molecule has 2 N–H and O–H groups in total. The number of fused-ring (bicyclic) bond motifs is 1. The summed E-state index contributed by atoms with van der Waals surface area (Å²) in [5.74, 6) is -1.50. The summed E-state index contributed by atoms with van der Waals surface area (Å²) in [6.45, 7) is 1.94. The fraction of sp³-hybridized carbons (Fsp3) is 0.105. The molecule has 3 aromatic heterocycles. The SMILES string of the molecule is CCOC(=O)c1cnn2c(-c3cccc(NC(=O)c4cc([N+](=O)[O-])[nH]n4)c3)ccnc12. The lowest BCUT2D eigenvalue weighted by atomic mass is 10.1. The number of hydrogen-bond donors (Lipinski definition) is 2. The highest BCUT2D eigenvalue weighted by Gasteiger charge is 2.19. The fourth-order valence-corrected chi connectivity index (χ4v) is 2.94. The van der Waals surface area contributed by atoms with E-state index in [1.807, 2.05) is 0 Å². The highest BCUT2D eigenvalue weighted by Crippen LogP contribution is 2.24. The molecule has 0 unspecified atom stereocenters. The van der Waals surface area contributed by atoms with Crippen LogP contribution in [-0.4, -0.2) is 48.2 Å². The molecular weight excluding hydrogens is 406 g/mol. The van der Waals surface area contributed by atoms with Crippen LogP contribution in [0, 0.1) is 10.1 Å². The topological polar surface area (TPSA) is 157 Å². The lowest BCUT2D eigenvalue weighted by Crippen LogP contribution is -2.12. The lowest BCUT2D eigenvalue weighted by Gasteiger charge is -2.08. The number of rotatable bonds is 6. The van der Waals surface area contributed by atoms with E-state index >= 15 is 0 Å². The van der Waals surface area contributed by atoms with Gasteiger partial charge in [0.2, 0.25) is 0 Å². The molecule has 0 bridgehead atoms. The number of H-pyrrole nitrogens is 1. The minimum atomic E-state index is -0.673. The van der Waals surface area contributed by atoms with Crippen molar-refractivity contribution in [3.05, 3.63) is 70.2 Å². The molecule has 1 amide bonds. The van der Waals surface area contributed by atoms with Gasteiger partial charge in [-0.1, -0.05) is 17.2 Å². The third kappa shape index (κ3) is 3.81. The Hall–Kier alpha value is -4.61. The summed E-state index contributed by atoms with van der Waals surface area (Å²) in [6.07, 6.45) is 2.93. The molecule has 3 heterocycles. The van der Waals surface area contributed by atoms with Crippen molar-refractivity contribution in [2.45, 2.75) is 6.92 Å². The van der Waals surface area contributed by atoms with Gasteiger partial charge in [-0.15, -0.1) is 5.10 Å². The van der Waals surface area contributed by atoms with Crippen LogP contribution in [0.3, 0.4) is 0 Å². The van der Waals surface area contributed by atoms with Gasteiger partial charge in [-0.2, -0.15) is 5.10 Å². The van der Waals surface area contributed by atoms with Crippen molar-refractivity contribution in [1.29, 1.82) is 0 Å². The largest absolute Gasteiger partial charge is 0.462 e. The molecule has 4 aromatic rings. The predicted octanol–water partition coefficient (Wildman–Crippen LogP) is 2.46. The number of carbonyl (C=O) groups excluding carboxylic acids is 2. The second kappa shape index (κ2) is 8.02. The number of esters is 1. The molecule has 0 saturated carbocycles. The Morgan fingerprint density at radius 2 is 2.13 bits per heavy atom. The van der Waals surface area contributed by atoms with Gasteiger partial charge in [-0.25, -0.2) is 14.3 Å². The van der Waals surface area contributed by atoms with E-state index < -0.39 is 16.8 Å². The average Bonchev–Trinajstić information content (AvgIpc) is 3.42. The number of ether oxygens (including phenoxy) is 1. The van der Waals surface area contributed by atoms with Gasteiger partial charge in [-0.05, 0) is 30.0 Å². The number of nitrogens with one attached hydrogen (secondary N) is 2. The highest BCUT2D eigenvalue weighted by molar-refractivity contribution is 6.03. The summed E-state index contributed by atoms with van der Waals surface area (Å²) in [7, 11) is 0. The van der Waals surface area contributed by atoms with E-state index in [0.717, 1.165) is 6.07 Å². The molecule has 1 aromatic carbocycles. The van der Waals surface area contributed by atoms with E-state index in [0.29, 0.717) is 22.6 Å². The van der Waals surface area contributed by atoms with Gasteiger partial charge >= 0.3 is 11.8 Å². The zero-order chi connectivity index (χ0) is 22.0. The van der Waals surface area contributed by atoms with Gasteiger partial charge in [0.1, 0.15) is 5.56 Å². The van der Waals surface area contributed by atoms with Crippen molar-refractivity contribution in [3.8, 4) is 11.3 Å². The van der Waals surface area contributed by atoms with Crippen LogP contribution in [0.4, 0.5) is 11.5 Å². The maximum absolute atomic E-state index is 12.4. The van der Waals surface area contributed by atoms with E-state index in [-0.39, 0.29) is 23.7 Å². The predicted molar refractivity (Wildman–Crippen MR) is 108 cm³/mol. The zero-order valence-corrected chi connectivity index (χ0v) is 16.1. The molecule has 0 aliphatic rings. The molecule has 0 radical (unpaired) electrons. The average molecular weight is 421 g/mol. The molecule has 0 spiro atoms. The number of anilines is 1. The number of nitrogens with zero attached hydrogens (tertiary/aromatic N) is 5. The van der Waals surface area contributed by atoms with Crippen molar-refractivity contribution in [2.24, 2.45) is 0 Å². The summed E-state index contributed by atoms with van der Waals surface area (Å²) in [6, 6.07) is 9.64. The molecule has 0 saturated heterocycles. The summed E-state index contributed by atoms with van der Waals surface area (Å²) in [4.78, 5) is 38.8. The number of benzene rings is 1. The first-order valence-electron chi connectivity index (χ1n) is 9.09. The van der Waals surface area contributed by atoms with Crippen LogP contribution in [0.25, 0.3) is 16.9 Å². The second-order valence-corrected chi connectivity index (χ2v) is 6.27. The molecule has 12 heteroatoms. The van der Waals surface area contributed by atoms with Crippen LogP contribution in [0.1, 0.15) is 27.8 Å². The Kier molecular flexibility index (Phi) is 5.10. The van der Waals surface area contributed by atoms with Gasteiger partial charge in [0.15, 0.2) is 11.3 Å². The van der Waals surface area contributed by atoms with Crippen molar-refractivity contribution in [3.63, 3.8) is 0 Å². The normalized spacial score (nSPS) is 10.7.